The molecule has 0 aliphatic carbocycles. The Morgan fingerprint density at radius 3 is 2.72 bits per heavy atom. The third kappa shape index (κ3) is 5.03. The van der Waals surface area contributed by atoms with E-state index in [2.05, 4.69) is 5.10 Å². The van der Waals surface area contributed by atoms with Crippen molar-refractivity contribution in [1.29, 1.82) is 0 Å². The molecule has 0 radical (unpaired) electrons. The van der Waals surface area contributed by atoms with Crippen molar-refractivity contribution < 1.29 is 27.8 Å². The molecule has 18 heavy (non-hydrogen) atoms. The first-order chi connectivity index (χ1) is 8.43. The predicted molar refractivity (Wildman–Crippen MR) is 55.9 cm³/mol. The van der Waals surface area contributed by atoms with Crippen LogP contribution in [-0.2, 0) is 22.2 Å². The molecule has 104 valence electrons. The molecule has 1 atom stereocenters. The molecule has 0 saturated heterocycles. The van der Waals surface area contributed by atoms with Gasteiger partial charge in [-0.1, -0.05) is 0 Å². The highest BCUT2D eigenvalue weighted by Crippen LogP contribution is 2.27. The largest absolute Gasteiger partial charge is 0.435 e. The van der Waals surface area contributed by atoms with Crippen LogP contribution in [0.25, 0.3) is 0 Å². The molecule has 5 nitrogen and oxygen atoms in total. The van der Waals surface area contributed by atoms with Crippen LogP contribution >= 0.6 is 0 Å². The Bertz CT molecular complexity index is 354. The molecule has 1 aromatic heterocycles. The molecule has 0 spiro atoms. The Hall–Kier alpha value is -1.12. The van der Waals surface area contributed by atoms with Crippen molar-refractivity contribution in [3.8, 4) is 0 Å². The van der Waals surface area contributed by atoms with Gasteiger partial charge in [0.15, 0.2) is 5.69 Å². The lowest BCUT2D eigenvalue weighted by Gasteiger charge is -2.11. The summed E-state index contributed by atoms with van der Waals surface area (Å²) in [6.45, 7) is 0.681. The summed E-state index contributed by atoms with van der Waals surface area (Å²) in [5, 5.41) is 12.8. The van der Waals surface area contributed by atoms with Crippen molar-refractivity contribution in [1.82, 2.24) is 9.78 Å². The lowest BCUT2D eigenvalue weighted by atomic mass is 10.4. The minimum atomic E-state index is -4.47. The summed E-state index contributed by atoms with van der Waals surface area (Å²) in [5.74, 6) is 0. The molecule has 1 unspecified atom stereocenters. The highest BCUT2D eigenvalue weighted by atomic mass is 19.4. The van der Waals surface area contributed by atoms with Gasteiger partial charge in [-0.25, -0.2) is 0 Å². The molecule has 1 N–H and O–H groups in total. The second-order valence-corrected chi connectivity index (χ2v) is 3.64. The Balaban J connectivity index is 2.35. The van der Waals surface area contributed by atoms with Gasteiger partial charge >= 0.3 is 6.18 Å². The van der Waals surface area contributed by atoms with Crippen molar-refractivity contribution in [2.45, 2.75) is 18.8 Å². The first-order valence-electron chi connectivity index (χ1n) is 5.29. The Morgan fingerprint density at radius 2 is 2.17 bits per heavy atom. The maximum atomic E-state index is 12.2. The van der Waals surface area contributed by atoms with Crippen molar-refractivity contribution in [3.05, 3.63) is 18.0 Å². The van der Waals surface area contributed by atoms with Crippen molar-refractivity contribution >= 4 is 0 Å². The van der Waals surface area contributed by atoms with Crippen LogP contribution in [-0.4, -0.2) is 47.9 Å². The number of nitrogens with zero attached hydrogens (tertiary/aromatic N) is 2. The SMILES string of the molecule is COCCOCC(O)Cn1ccc(C(F)(F)F)n1. The molecule has 8 heteroatoms. The summed E-state index contributed by atoms with van der Waals surface area (Å²) in [6, 6.07) is 0.860. The molecule has 0 aliphatic heterocycles. The lowest BCUT2D eigenvalue weighted by molar-refractivity contribution is -0.141. The normalized spacial score (nSPS) is 13.8. The van der Waals surface area contributed by atoms with Gasteiger partial charge in [-0.05, 0) is 6.07 Å². The maximum Gasteiger partial charge on any atom is 0.435 e. The summed E-state index contributed by atoms with van der Waals surface area (Å²) in [7, 11) is 1.52. The summed E-state index contributed by atoms with van der Waals surface area (Å²) in [6.07, 6.45) is -4.21. The summed E-state index contributed by atoms with van der Waals surface area (Å²) < 4.78 is 47.6. The number of ether oxygens (including phenoxy) is 2. The van der Waals surface area contributed by atoms with Gasteiger partial charge in [0, 0.05) is 13.3 Å². The van der Waals surface area contributed by atoms with E-state index < -0.39 is 18.0 Å². The molecule has 0 amide bonds. The first kappa shape index (κ1) is 14.9. The van der Waals surface area contributed by atoms with Crippen LogP contribution in [0.3, 0.4) is 0 Å². The third-order valence-electron chi connectivity index (χ3n) is 2.07. The molecule has 0 fully saturated rings. The summed E-state index contributed by atoms with van der Waals surface area (Å²) >= 11 is 0. The molecule has 0 saturated carbocycles. The Morgan fingerprint density at radius 1 is 1.44 bits per heavy atom. The number of hydrogen-bond donors (Lipinski definition) is 1. The van der Waals surface area contributed by atoms with Gasteiger partial charge < -0.3 is 14.6 Å². The van der Waals surface area contributed by atoms with Gasteiger partial charge in [-0.3, -0.25) is 4.68 Å². The molecule has 1 heterocycles. The third-order valence-corrected chi connectivity index (χ3v) is 2.07. The van der Waals surface area contributed by atoms with Crippen LogP contribution in [0.5, 0.6) is 0 Å². The second kappa shape index (κ2) is 6.72. The first-order valence-corrected chi connectivity index (χ1v) is 5.29. The van der Waals surface area contributed by atoms with Crippen LogP contribution in [0.4, 0.5) is 13.2 Å². The number of alkyl halides is 3. The smallest absolute Gasteiger partial charge is 0.389 e. The number of aliphatic hydroxyl groups is 1. The molecule has 0 aliphatic rings. The van der Waals surface area contributed by atoms with Crippen LogP contribution < -0.4 is 0 Å². The molecule has 1 aromatic rings. The number of aliphatic hydroxyl groups excluding tert-OH is 1. The van der Waals surface area contributed by atoms with Crippen molar-refractivity contribution in [2.24, 2.45) is 0 Å². The molecular formula is C10H15F3N2O3. The van der Waals surface area contributed by atoms with Gasteiger partial charge in [0.25, 0.3) is 0 Å². The second-order valence-electron chi connectivity index (χ2n) is 3.64. The topological polar surface area (TPSA) is 56.5 Å². The van der Waals surface area contributed by atoms with Crippen LogP contribution in [0, 0.1) is 0 Å². The zero-order valence-electron chi connectivity index (χ0n) is 9.85. The summed E-state index contributed by atoms with van der Waals surface area (Å²) in [4.78, 5) is 0. The standard InChI is InChI=1S/C10H15F3N2O3/c1-17-4-5-18-7-8(16)6-15-3-2-9(14-15)10(11,12)13/h2-3,8,16H,4-7H2,1H3. The van der Waals surface area contributed by atoms with E-state index >= 15 is 0 Å². The predicted octanol–water partition coefficient (Wildman–Crippen LogP) is 0.926. The number of methoxy groups -OCH3 is 1. The highest BCUT2D eigenvalue weighted by Gasteiger charge is 2.33. The molecule has 0 bridgehead atoms. The van der Waals surface area contributed by atoms with E-state index in [4.69, 9.17) is 9.47 Å². The van der Waals surface area contributed by atoms with Crippen LogP contribution in [0.2, 0.25) is 0 Å². The van der Waals surface area contributed by atoms with E-state index in [1.165, 1.54) is 13.3 Å². The number of aromatic nitrogens is 2. The minimum Gasteiger partial charge on any atom is -0.389 e. The fraction of sp³-hybridized carbons (Fsp3) is 0.700. The van der Waals surface area contributed by atoms with Crippen LogP contribution in [0.1, 0.15) is 5.69 Å². The number of hydrogen-bond acceptors (Lipinski definition) is 4. The monoisotopic (exact) mass is 268 g/mol. The molecule has 1 rings (SSSR count). The minimum absolute atomic E-state index is 0.0184. The highest BCUT2D eigenvalue weighted by molar-refractivity contribution is 5.03. The van der Waals surface area contributed by atoms with E-state index in [-0.39, 0.29) is 13.2 Å². The van der Waals surface area contributed by atoms with Gasteiger partial charge in [0.1, 0.15) is 0 Å². The quantitative estimate of drug-likeness (QED) is 0.747. The average molecular weight is 268 g/mol. The van der Waals surface area contributed by atoms with E-state index in [9.17, 15) is 18.3 Å². The van der Waals surface area contributed by atoms with E-state index in [0.717, 1.165) is 10.7 Å². The van der Waals surface area contributed by atoms with E-state index in [1.54, 1.807) is 0 Å². The molecule has 0 aromatic carbocycles. The zero-order valence-corrected chi connectivity index (χ0v) is 9.85. The van der Waals surface area contributed by atoms with Crippen LogP contribution in [0.15, 0.2) is 12.3 Å². The Labute approximate surface area is 102 Å². The zero-order chi connectivity index (χ0) is 13.6. The lowest BCUT2D eigenvalue weighted by Crippen LogP contribution is -2.23. The van der Waals surface area contributed by atoms with Crippen molar-refractivity contribution in [2.75, 3.05) is 26.9 Å². The fourth-order valence-electron chi connectivity index (χ4n) is 1.24. The molecular weight excluding hydrogens is 253 g/mol. The van der Waals surface area contributed by atoms with Gasteiger partial charge in [-0.15, -0.1) is 0 Å². The average Bonchev–Trinajstić information content (AvgIpc) is 2.72. The van der Waals surface area contributed by atoms with Gasteiger partial charge in [0.2, 0.25) is 0 Å². The maximum absolute atomic E-state index is 12.2. The number of rotatable bonds is 7. The van der Waals surface area contributed by atoms with E-state index in [1.807, 2.05) is 0 Å². The summed E-state index contributed by atoms with van der Waals surface area (Å²) in [5.41, 5.74) is -0.977. The number of halogens is 3. The van der Waals surface area contributed by atoms with Gasteiger partial charge in [-0.2, -0.15) is 18.3 Å². The fourth-order valence-corrected chi connectivity index (χ4v) is 1.24. The Kier molecular flexibility index (Phi) is 5.57. The van der Waals surface area contributed by atoms with Crippen molar-refractivity contribution in [3.63, 3.8) is 0 Å². The van der Waals surface area contributed by atoms with E-state index in [0.29, 0.717) is 13.2 Å². The van der Waals surface area contributed by atoms with Gasteiger partial charge in [0.05, 0.1) is 32.5 Å².